The quantitative estimate of drug-likeness (QED) is 0.167. The third-order valence-corrected chi connectivity index (χ3v) is 8.65. The van der Waals surface area contributed by atoms with Gasteiger partial charge in [0, 0.05) is 18.5 Å². The summed E-state index contributed by atoms with van der Waals surface area (Å²) in [6, 6.07) is 0. The predicted octanol–water partition coefficient (Wildman–Crippen LogP) is 8.65. The van der Waals surface area contributed by atoms with E-state index < -0.39 is 7.14 Å². The van der Waals surface area contributed by atoms with Gasteiger partial charge in [-0.1, -0.05) is 104 Å². The van der Waals surface area contributed by atoms with E-state index in [1.54, 1.807) is 0 Å². The summed E-state index contributed by atoms with van der Waals surface area (Å²) in [5.74, 6) is 0. The minimum atomic E-state index is -1.87. The van der Waals surface area contributed by atoms with Gasteiger partial charge < -0.3 is 4.57 Å². The zero-order chi connectivity index (χ0) is 17.9. The lowest BCUT2D eigenvalue weighted by molar-refractivity contribution is 0.557. The molecule has 0 spiro atoms. The number of rotatable bonds is 19. The van der Waals surface area contributed by atoms with Crippen molar-refractivity contribution >= 4 is 7.14 Å². The van der Waals surface area contributed by atoms with Gasteiger partial charge in [0.25, 0.3) is 0 Å². The van der Waals surface area contributed by atoms with E-state index in [-0.39, 0.29) is 0 Å². The molecule has 0 saturated heterocycles. The normalized spacial score (nSPS) is 12.0. The molecule has 0 aliphatic heterocycles. The second kappa shape index (κ2) is 18.0. The second-order valence-electron chi connectivity index (χ2n) is 7.83. The van der Waals surface area contributed by atoms with Gasteiger partial charge in [-0.2, -0.15) is 0 Å². The first-order valence-electron chi connectivity index (χ1n) is 11.3. The zero-order valence-electron chi connectivity index (χ0n) is 17.3. The van der Waals surface area contributed by atoms with Crippen LogP contribution >= 0.6 is 7.14 Å². The molecule has 0 fully saturated rings. The van der Waals surface area contributed by atoms with Gasteiger partial charge in [0.2, 0.25) is 0 Å². The number of hydrogen-bond acceptors (Lipinski definition) is 1. The van der Waals surface area contributed by atoms with E-state index in [1.165, 1.54) is 103 Å². The highest BCUT2D eigenvalue weighted by molar-refractivity contribution is 7.63. The molecular weight excluding hydrogens is 311 g/mol. The van der Waals surface area contributed by atoms with Crippen LogP contribution in [0.1, 0.15) is 124 Å². The van der Waals surface area contributed by atoms with Gasteiger partial charge in [0.1, 0.15) is 0 Å². The smallest absolute Gasteiger partial charge is 0.0877 e. The van der Waals surface area contributed by atoms with Crippen LogP contribution in [-0.4, -0.2) is 18.5 Å². The first-order chi connectivity index (χ1) is 11.7. The van der Waals surface area contributed by atoms with Crippen LogP contribution in [-0.2, 0) is 4.57 Å². The summed E-state index contributed by atoms with van der Waals surface area (Å²) >= 11 is 0. The Balaban J connectivity index is 4.03. The van der Waals surface area contributed by atoms with E-state index in [1.807, 2.05) is 0 Å². The molecule has 0 aromatic rings. The molecule has 0 saturated carbocycles. The van der Waals surface area contributed by atoms with Crippen LogP contribution in [0, 0.1) is 0 Å². The molecule has 0 bridgehead atoms. The Labute approximate surface area is 154 Å². The molecule has 2 heteroatoms. The van der Waals surface area contributed by atoms with Gasteiger partial charge in [0.15, 0.2) is 0 Å². The predicted molar refractivity (Wildman–Crippen MR) is 113 cm³/mol. The molecule has 24 heavy (non-hydrogen) atoms. The van der Waals surface area contributed by atoms with Crippen molar-refractivity contribution in [2.75, 3.05) is 18.5 Å². The molecule has 0 amide bonds. The van der Waals surface area contributed by atoms with Gasteiger partial charge in [-0.15, -0.1) is 0 Å². The molecule has 0 aliphatic carbocycles. The first-order valence-corrected chi connectivity index (χ1v) is 13.5. The van der Waals surface area contributed by atoms with Gasteiger partial charge >= 0.3 is 0 Å². The maximum atomic E-state index is 13.4. The molecule has 0 unspecified atom stereocenters. The summed E-state index contributed by atoms with van der Waals surface area (Å²) in [6.45, 7) is 6.80. The Morgan fingerprint density at radius 1 is 0.417 bits per heavy atom. The molecule has 146 valence electrons. The molecule has 0 N–H and O–H groups in total. The Kier molecular flexibility index (Phi) is 18.2. The number of hydrogen-bond donors (Lipinski definition) is 0. The largest absolute Gasteiger partial charge is 0.324 e. The van der Waals surface area contributed by atoms with Gasteiger partial charge in [-0.25, -0.2) is 0 Å². The molecule has 1 nitrogen and oxygen atoms in total. The molecule has 0 aromatic carbocycles. The zero-order valence-corrected chi connectivity index (χ0v) is 18.2. The molecule has 0 atom stereocenters. The van der Waals surface area contributed by atoms with Crippen LogP contribution in [0.2, 0.25) is 0 Å². The molecule has 0 aromatic heterocycles. The summed E-state index contributed by atoms with van der Waals surface area (Å²) in [6.07, 6.45) is 24.0. The van der Waals surface area contributed by atoms with Crippen molar-refractivity contribution in [3.05, 3.63) is 0 Å². The second-order valence-corrected chi connectivity index (χ2v) is 11.3. The van der Waals surface area contributed by atoms with Crippen LogP contribution < -0.4 is 0 Å². The van der Waals surface area contributed by atoms with Gasteiger partial charge in [0.05, 0.1) is 7.14 Å². The van der Waals surface area contributed by atoms with Crippen molar-refractivity contribution in [3.63, 3.8) is 0 Å². The van der Waals surface area contributed by atoms with Crippen LogP contribution in [0.25, 0.3) is 0 Å². The third-order valence-electron chi connectivity index (χ3n) is 5.26. The highest BCUT2D eigenvalue weighted by Crippen LogP contribution is 2.48. The van der Waals surface area contributed by atoms with Crippen molar-refractivity contribution < 1.29 is 4.57 Å². The molecular formula is C22H47OP. The van der Waals surface area contributed by atoms with Crippen LogP contribution in [0.15, 0.2) is 0 Å². The highest BCUT2D eigenvalue weighted by Gasteiger charge is 2.20. The summed E-state index contributed by atoms with van der Waals surface area (Å²) < 4.78 is 13.4. The Hall–Kier alpha value is 0.230. The summed E-state index contributed by atoms with van der Waals surface area (Å²) in [7, 11) is -1.87. The fraction of sp³-hybridized carbons (Fsp3) is 1.00. The SMILES string of the molecule is CCCCCCCCP(=O)(CCCCCCC)CCCCCCC. The maximum absolute atomic E-state index is 13.4. The van der Waals surface area contributed by atoms with E-state index in [0.29, 0.717) is 0 Å². The van der Waals surface area contributed by atoms with Crippen molar-refractivity contribution in [3.8, 4) is 0 Å². The Morgan fingerprint density at radius 3 is 0.958 bits per heavy atom. The highest BCUT2D eigenvalue weighted by atomic mass is 31.2. The van der Waals surface area contributed by atoms with E-state index in [2.05, 4.69) is 20.8 Å². The average molecular weight is 359 g/mol. The topological polar surface area (TPSA) is 17.1 Å². The Bertz CT molecular complexity index is 270. The van der Waals surface area contributed by atoms with E-state index in [9.17, 15) is 4.57 Å². The molecule has 0 rings (SSSR count). The molecule has 0 heterocycles. The van der Waals surface area contributed by atoms with Crippen molar-refractivity contribution in [2.24, 2.45) is 0 Å². The third kappa shape index (κ3) is 15.7. The van der Waals surface area contributed by atoms with Crippen LogP contribution in [0.5, 0.6) is 0 Å². The summed E-state index contributed by atoms with van der Waals surface area (Å²) in [5, 5.41) is 0. The van der Waals surface area contributed by atoms with Gasteiger partial charge in [-0.05, 0) is 19.3 Å². The first kappa shape index (κ1) is 24.2. The van der Waals surface area contributed by atoms with Crippen molar-refractivity contribution in [1.82, 2.24) is 0 Å². The lowest BCUT2D eigenvalue weighted by Gasteiger charge is -2.18. The van der Waals surface area contributed by atoms with Crippen molar-refractivity contribution in [1.29, 1.82) is 0 Å². The number of unbranched alkanes of at least 4 members (excludes halogenated alkanes) is 13. The van der Waals surface area contributed by atoms with Crippen LogP contribution in [0.3, 0.4) is 0 Å². The van der Waals surface area contributed by atoms with E-state index in [0.717, 1.165) is 18.5 Å². The van der Waals surface area contributed by atoms with Crippen LogP contribution in [0.4, 0.5) is 0 Å². The fourth-order valence-electron chi connectivity index (χ4n) is 3.52. The minimum absolute atomic E-state index is 1.04. The summed E-state index contributed by atoms with van der Waals surface area (Å²) in [4.78, 5) is 0. The fourth-order valence-corrected chi connectivity index (χ4v) is 6.59. The standard InChI is InChI=1S/C22H47OP/c1-4-7-10-13-16-19-22-24(23,20-17-14-11-8-5-2)21-18-15-12-9-6-3/h4-22H2,1-3H3. The lowest BCUT2D eigenvalue weighted by atomic mass is 10.1. The summed E-state index contributed by atoms with van der Waals surface area (Å²) in [5.41, 5.74) is 0. The monoisotopic (exact) mass is 358 g/mol. The lowest BCUT2D eigenvalue weighted by Crippen LogP contribution is -2.02. The Morgan fingerprint density at radius 2 is 0.667 bits per heavy atom. The minimum Gasteiger partial charge on any atom is -0.324 e. The maximum Gasteiger partial charge on any atom is 0.0877 e. The average Bonchev–Trinajstić information content (AvgIpc) is 2.58. The van der Waals surface area contributed by atoms with E-state index in [4.69, 9.17) is 0 Å². The van der Waals surface area contributed by atoms with Crippen molar-refractivity contribution in [2.45, 2.75) is 124 Å². The van der Waals surface area contributed by atoms with Gasteiger partial charge in [-0.3, -0.25) is 0 Å². The van der Waals surface area contributed by atoms with E-state index >= 15 is 0 Å². The molecule has 0 radical (unpaired) electrons. The molecule has 0 aliphatic rings.